The Balaban J connectivity index is 1.75. The highest BCUT2D eigenvalue weighted by molar-refractivity contribution is 4.91. The van der Waals surface area contributed by atoms with Crippen LogP contribution in [0.2, 0.25) is 0 Å². The van der Waals surface area contributed by atoms with Crippen molar-refractivity contribution in [3.8, 4) is 0 Å². The molecular formula is C11H18N2O2. The maximum absolute atomic E-state index is 10.1. The van der Waals surface area contributed by atoms with Crippen LogP contribution in [0.5, 0.6) is 0 Å². The highest BCUT2D eigenvalue weighted by Crippen LogP contribution is 2.28. The van der Waals surface area contributed by atoms with Crippen LogP contribution in [-0.2, 0) is 6.54 Å². The van der Waals surface area contributed by atoms with E-state index in [1.165, 1.54) is 0 Å². The van der Waals surface area contributed by atoms with E-state index in [1.54, 1.807) is 6.20 Å². The minimum atomic E-state index is -0.498. The van der Waals surface area contributed by atoms with Gasteiger partial charge in [-0.3, -0.25) is 0 Å². The molecule has 0 aliphatic heterocycles. The van der Waals surface area contributed by atoms with Crippen molar-refractivity contribution in [3.63, 3.8) is 0 Å². The van der Waals surface area contributed by atoms with Crippen LogP contribution in [0.25, 0.3) is 0 Å². The van der Waals surface area contributed by atoms with Crippen molar-refractivity contribution in [1.29, 1.82) is 0 Å². The van der Waals surface area contributed by atoms with Gasteiger partial charge in [0.05, 0.1) is 18.3 Å². The molecule has 4 nitrogen and oxygen atoms in total. The van der Waals surface area contributed by atoms with Gasteiger partial charge in [-0.05, 0) is 19.8 Å². The zero-order valence-corrected chi connectivity index (χ0v) is 9.12. The van der Waals surface area contributed by atoms with E-state index < -0.39 is 5.60 Å². The number of aliphatic hydroxyl groups is 1. The summed E-state index contributed by atoms with van der Waals surface area (Å²) in [7, 11) is 0. The molecule has 0 atom stereocenters. The van der Waals surface area contributed by atoms with E-state index in [9.17, 15) is 5.11 Å². The van der Waals surface area contributed by atoms with Crippen molar-refractivity contribution in [2.24, 2.45) is 0 Å². The number of hydrogen-bond acceptors (Lipinski definition) is 4. The van der Waals surface area contributed by atoms with Gasteiger partial charge in [-0.15, -0.1) is 0 Å². The summed E-state index contributed by atoms with van der Waals surface area (Å²) in [6.07, 6.45) is 5.79. The predicted octanol–water partition coefficient (Wildman–Crippen LogP) is 1.38. The van der Waals surface area contributed by atoms with Crippen LogP contribution in [0, 0.1) is 6.92 Å². The molecule has 0 spiro atoms. The summed E-state index contributed by atoms with van der Waals surface area (Å²) < 4.78 is 5.33. The second-order valence-corrected chi connectivity index (χ2v) is 4.40. The first kappa shape index (κ1) is 10.6. The maximum Gasteiger partial charge on any atom is 0.208 e. The van der Waals surface area contributed by atoms with Crippen molar-refractivity contribution in [3.05, 3.63) is 17.8 Å². The van der Waals surface area contributed by atoms with Gasteiger partial charge in [0.25, 0.3) is 0 Å². The lowest BCUT2D eigenvalue weighted by atomic mass is 10.0. The van der Waals surface area contributed by atoms with Crippen LogP contribution in [-0.4, -0.2) is 22.2 Å². The van der Waals surface area contributed by atoms with Crippen LogP contribution < -0.4 is 5.32 Å². The van der Waals surface area contributed by atoms with Gasteiger partial charge in [-0.2, -0.15) is 0 Å². The fraction of sp³-hybridized carbons (Fsp3) is 0.727. The zero-order chi connectivity index (χ0) is 10.7. The molecule has 0 radical (unpaired) electrons. The Hall–Kier alpha value is -0.870. The van der Waals surface area contributed by atoms with Gasteiger partial charge in [0, 0.05) is 6.54 Å². The second kappa shape index (κ2) is 4.33. The molecule has 1 aromatic rings. The monoisotopic (exact) mass is 210 g/mol. The summed E-state index contributed by atoms with van der Waals surface area (Å²) >= 11 is 0. The molecule has 0 unspecified atom stereocenters. The number of aryl methyl sites for hydroxylation is 1. The van der Waals surface area contributed by atoms with E-state index >= 15 is 0 Å². The van der Waals surface area contributed by atoms with Crippen LogP contribution in [0.1, 0.15) is 37.3 Å². The molecule has 15 heavy (non-hydrogen) atoms. The van der Waals surface area contributed by atoms with Gasteiger partial charge in [-0.25, -0.2) is 4.98 Å². The lowest BCUT2D eigenvalue weighted by Crippen LogP contribution is -2.37. The molecule has 2 N–H and O–H groups in total. The molecule has 0 saturated heterocycles. The number of aromatic nitrogens is 1. The first-order chi connectivity index (χ1) is 7.18. The zero-order valence-electron chi connectivity index (χ0n) is 9.12. The Bertz CT molecular complexity index is 316. The van der Waals surface area contributed by atoms with Gasteiger partial charge in [0.15, 0.2) is 0 Å². The van der Waals surface area contributed by atoms with E-state index in [-0.39, 0.29) is 0 Å². The fourth-order valence-corrected chi connectivity index (χ4v) is 2.10. The lowest BCUT2D eigenvalue weighted by molar-refractivity contribution is 0.0469. The van der Waals surface area contributed by atoms with Crippen molar-refractivity contribution in [2.75, 3.05) is 6.54 Å². The summed E-state index contributed by atoms with van der Waals surface area (Å²) in [5, 5.41) is 13.3. The molecule has 1 saturated carbocycles. The molecule has 1 aliphatic carbocycles. The maximum atomic E-state index is 10.1. The normalized spacial score (nSPS) is 19.6. The molecule has 0 aromatic carbocycles. The summed E-state index contributed by atoms with van der Waals surface area (Å²) in [6, 6.07) is 0. The molecule has 1 fully saturated rings. The standard InChI is InChI=1S/C11H18N2O2/c1-9-6-13-10(15-9)7-12-8-11(14)4-2-3-5-11/h6,12,14H,2-5,7-8H2,1H3. The molecule has 84 valence electrons. The van der Waals surface area contributed by atoms with Crippen molar-refractivity contribution in [2.45, 2.75) is 44.8 Å². The predicted molar refractivity (Wildman–Crippen MR) is 56.4 cm³/mol. The highest BCUT2D eigenvalue weighted by atomic mass is 16.4. The van der Waals surface area contributed by atoms with Crippen LogP contribution >= 0.6 is 0 Å². The topological polar surface area (TPSA) is 58.3 Å². The summed E-state index contributed by atoms with van der Waals surface area (Å²) in [5.74, 6) is 1.51. The van der Waals surface area contributed by atoms with E-state index in [0.717, 1.165) is 31.4 Å². The smallest absolute Gasteiger partial charge is 0.208 e. The van der Waals surface area contributed by atoms with Crippen molar-refractivity contribution in [1.82, 2.24) is 10.3 Å². The average Bonchev–Trinajstić information content (AvgIpc) is 2.76. The van der Waals surface area contributed by atoms with Crippen LogP contribution in [0.3, 0.4) is 0 Å². The Morgan fingerprint density at radius 3 is 2.87 bits per heavy atom. The quantitative estimate of drug-likeness (QED) is 0.788. The third-order valence-electron chi connectivity index (χ3n) is 2.93. The number of nitrogens with zero attached hydrogens (tertiary/aromatic N) is 1. The van der Waals surface area contributed by atoms with Gasteiger partial charge in [0.2, 0.25) is 5.89 Å². The summed E-state index contributed by atoms with van der Waals surface area (Å²) in [6.45, 7) is 3.10. The largest absolute Gasteiger partial charge is 0.445 e. The Labute approximate surface area is 89.7 Å². The van der Waals surface area contributed by atoms with E-state index in [4.69, 9.17) is 4.42 Å². The first-order valence-electron chi connectivity index (χ1n) is 5.52. The molecule has 0 bridgehead atoms. The number of oxazole rings is 1. The van der Waals surface area contributed by atoms with Gasteiger partial charge >= 0.3 is 0 Å². The fourth-order valence-electron chi connectivity index (χ4n) is 2.10. The minimum Gasteiger partial charge on any atom is -0.445 e. The van der Waals surface area contributed by atoms with Gasteiger partial charge in [0.1, 0.15) is 5.76 Å². The van der Waals surface area contributed by atoms with Crippen molar-refractivity contribution >= 4 is 0 Å². The third-order valence-corrected chi connectivity index (χ3v) is 2.93. The molecule has 1 aliphatic rings. The molecule has 4 heteroatoms. The Morgan fingerprint density at radius 1 is 1.53 bits per heavy atom. The Kier molecular flexibility index (Phi) is 3.07. The number of hydrogen-bond donors (Lipinski definition) is 2. The molecule has 1 heterocycles. The summed E-state index contributed by atoms with van der Waals surface area (Å²) in [5.41, 5.74) is -0.498. The number of nitrogens with one attached hydrogen (secondary N) is 1. The van der Waals surface area contributed by atoms with Crippen LogP contribution in [0.4, 0.5) is 0 Å². The van der Waals surface area contributed by atoms with Crippen LogP contribution in [0.15, 0.2) is 10.6 Å². The lowest BCUT2D eigenvalue weighted by Gasteiger charge is -2.21. The first-order valence-corrected chi connectivity index (χ1v) is 5.52. The molecular weight excluding hydrogens is 192 g/mol. The van der Waals surface area contributed by atoms with Crippen molar-refractivity contribution < 1.29 is 9.52 Å². The molecule has 1 aromatic heterocycles. The minimum absolute atomic E-state index is 0.498. The second-order valence-electron chi connectivity index (χ2n) is 4.40. The Morgan fingerprint density at radius 2 is 2.27 bits per heavy atom. The van der Waals surface area contributed by atoms with E-state index in [1.807, 2.05) is 6.92 Å². The third kappa shape index (κ3) is 2.79. The van der Waals surface area contributed by atoms with E-state index in [2.05, 4.69) is 10.3 Å². The molecule has 2 rings (SSSR count). The average molecular weight is 210 g/mol. The SMILES string of the molecule is Cc1cnc(CNCC2(O)CCCC2)o1. The summed E-state index contributed by atoms with van der Waals surface area (Å²) in [4.78, 5) is 4.09. The van der Waals surface area contributed by atoms with Gasteiger partial charge < -0.3 is 14.8 Å². The number of rotatable bonds is 4. The highest BCUT2D eigenvalue weighted by Gasteiger charge is 2.30. The molecule has 0 amide bonds. The van der Waals surface area contributed by atoms with E-state index in [0.29, 0.717) is 19.0 Å². The van der Waals surface area contributed by atoms with Gasteiger partial charge in [-0.1, -0.05) is 12.8 Å².